The number of carboxylic acid groups (broad SMARTS) is 1. The summed E-state index contributed by atoms with van der Waals surface area (Å²) in [5.74, 6) is -0.971. The predicted octanol–water partition coefficient (Wildman–Crippen LogP) is 3.34. The van der Waals surface area contributed by atoms with Crippen molar-refractivity contribution in [3.63, 3.8) is 0 Å². The fraction of sp³-hybridized carbons (Fsp3) is 0.0769. The Morgan fingerprint density at radius 2 is 2.05 bits per heavy atom. The van der Waals surface area contributed by atoms with Gasteiger partial charge in [0.25, 0.3) is 0 Å². The van der Waals surface area contributed by atoms with Gasteiger partial charge < -0.3 is 5.11 Å². The van der Waals surface area contributed by atoms with Crippen LogP contribution in [0.25, 0.3) is 0 Å². The summed E-state index contributed by atoms with van der Waals surface area (Å²) in [7, 11) is 0. The van der Waals surface area contributed by atoms with Gasteiger partial charge in [0.15, 0.2) is 0 Å². The van der Waals surface area contributed by atoms with E-state index in [2.05, 4.69) is 25.6 Å². The zero-order chi connectivity index (χ0) is 13.7. The lowest BCUT2D eigenvalue weighted by Crippen LogP contribution is -2.07. The van der Waals surface area contributed by atoms with Crippen molar-refractivity contribution in [3.8, 4) is 0 Å². The molecule has 4 nitrogen and oxygen atoms in total. The molecule has 2 rings (SSSR count). The SMILES string of the molecule is O=C(O)c1cccnc1SNCc1ccc(Br)cc1. The summed E-state index contributed by atoms with van der Waals surface area (Å²) in [6.45, 7) is 0.633. The van der Waals surface area contributed by atoms with Gasteiger partial charge in [0.05, 0.1) is 5.56 Å². The normalized spacial score (nSPS) is 10.4. The number of nitrogens with zero attached hydrogens (tertiary/aromatic N) is 1. The van der Waals surface area contributed by atoms with Crippen LogP contribution < -0.4 is 4.72 Å². The van der Waals surface area contributed by atoms with Crippen LogP contribution >= 0.6 is 27.9 Å². The lowest BCUT2D eigenvalue weighted by Gasteiger charge is -2.06. The average Bonchev–Trinajstić information content (AvgIpc) is 2.41. The molecule has 6 heteroatoms. The Balaban J connectivity index is 1.96. The number of aromatic carboxylic acids is 1. The van der Waals surface area contributed by atoms with Crippen LogP contribution in [0.3, 0.4) is 0 Å². The highest BCUT2D eigenvalue weighted by atomic mass is 79.9. The molecule has 1 aromatic carbocycles. The predicted molar refractivity (Wildman–Crippen MR) is 78.0 cm³/mol. The lowest BCUT2D eigenvalue weighted by molar-refractivity contribution is 0.0692. The van der Waals surface area contributed by atoms with E-state index in [9.17, 15) is 4.79 Å². The Bertz CT molecular complexity index is 575. The molecule has 1 aromatic heterocycles. The van der Waals surface area contributed by atoms with Crippen LogP contribution in [0.1, 0.15) is 15.9 Å². The first kappa shape index (κ1) is 14.0. The number of pyridine rings is 1. The molecule has 0 fully saturated rings. The van der Waals surface area contributed by atoms with Gasteiger partial charge in [-0.05, 0) is 41.8 Å². The number of rotatable bonds is 5. The summed E-state index contributed by atoms with van der Waals surface area (Å²) in [4.78, 5) is 15.1. The molecule has 98 valence electrons. The Labute approximate surface area is 123 Å². The number of nitrogens with one attached hydrogen (secondary N) is 1. The van der Waals surface area contributed by atoms with Crippen LogP contribution in [0, 0.1) is 0 Å². The van der Waals surface area contributed by atoms with Crippen molar-refractivity contribution in [1.82, 2.24) is 9.71 Å². The van der Waals surface area contributed by atoms with Crippen molar-refractivity contribution in [2.75, 3.05) is 0 Å². The van der Waals surface area contributed by atoms with Gasteiger partial charge in [-0.2, -0.15) is 0 Å². The smallest absolute Gasteiger partial charge is 0.338 e. The lowest BCUT2D eigenvalue weighted by atomic mass is 10.2. The first-order valence-electron chi connectivity index (χ1n) is 5.49. The first-order valence-corrected chi connectivity index (χ1v) is 7.10. The van der Waals surface area contributed by atoms with E-state index in [-0.39, 0.29) is 5.56 Å². The molecule has 0 amide bonds. The average molecular weight is 339 g/mol. The van der Waals surface area contributed by atoms with E-state index >= 15 is 0 Å². The van der Waals surface area contributed by atoms with Gasteiger partial charge in [0.1, 0.15) is 5.03 Å². The molecular formula is C13H11BrN2O2S. The molecule has 2 N–H and O–H groups in total. The van der Waals surface area contributed by atoms with Crippen molar-refractivity contribution in [2.24, 2.45) is 0 Å². The van der Waals surface area contributed by atoms with Crippen LogP contribution in [0.5, 0.6) is 0 Å². The van der Waals surface area contributed by atoms with E-state index in [1.165, 1.54) is 11.9 Å². The highest BCUT2D eigenvalue weighted by Crippen LogP contribution is 2.18. The second kappa shape index (κ2) is 6.70. The van der Waals surface area contributed by atoms with E-state index < -0.39 is 5.97 Å². The molecule has 0 aliphatic carbocycles. The fourth-order valence-electron chi connectivity index (χ4n) is 1.42. The van der Waals surface area contributed by atoms with E-state index in [0.717, 1.165) is 10.0 Å². The van der Waals surface area contributed by atoms with Crippen molar-refractivity contribution < 1.29 is 9.90 Å². The molecule has 0 aliphatic rings. The maximum Gasteiger partial charge on any atom is 0.338 e. The third kappa shape index (κ3) is 4.05. The van der Waals surface area contributed by atoms with Gasteiger partial charge >= 0.3 is 5.97 Å². The fourth-order valence-corrected chi connectivity index (χ4v) is 2.44. The van der Waals surface area contributed by atoms with Crippen molar-refractivity contribution in [2.45, 2.75) is 11.6 Å². The van der Waals surface area contributed by atoms with Crippen LogP contribution in [-0.2, 0) is 6.54 Å². The van der Waals surface area contributed by atoms with Crippen molar-refractivity contribution in [3.05, 3.63) is 58.2 Å². The number of aromatic nitrogens is 1. The molecular weight excluding hydrogens is 328 g/mol. The summed E-state index contributed by atoms with van der Waals surface area (Å²) in [5, 5.41) is 9.49. The Morgan fingerprint density at radius 1 is 1.32 bits per heavy atom. The van der Waals surface area contributed by atoms with E-state index in [0.29, 0.717) is 11.6 Å². The summed E-state index contributed by atoms with van der Waals surface area (Å²) < 4.78 is 4.14. The Kier molecular flexibility index (Phi) is 4.95. The molecule has 0 atom stereocenters. The van der Waals surface area contributed by atoms with Gasteiger partial charge in [-0.3, -0.25) is 4.72 Å². The van der Waals surface area contributed by atoms with Gasteiger partial charge in [0, 0.05) is 17.2 Å². The number of hydrogen-bond acceptors (Lipinski definition) is 4. The minimum absolute atomic E-state index is 0.204. The molecule has 0 spiro atoms. The molecule has 0 aliphatic heterocycles. The van der Waals surface area contributed by atoms with Crippen LogP contribution in [0.15, 0.2) is 52.1 Å². The highest BCUT2D eigenvalue weighted by molar-refractivity contribution is 9.10. The molecule has 0 bridgehead atoms. The number of hydrogen-bond donors (Lipinski definition) is 2. The largest absolute Gasteiger partial charge is 0.478 e. The minimum Gasteiger partial charge on any atom is -0.478 e. The second-order valence-electron chi connectivity index (χ2n) is 3.71. The molecule has 0 saturated carbocycles. The first-order chi connectivity index (χ1) is 9.16. The summed E-state index contributed by atoms with van der Waals surface area (Å²) >= 11 is 4.60. The van der Waals surface area contributed by atoms with Crippen LogP contribution in [0.4, 0.5) is 0 Å². The Hall–Kier alpha value is -1.37. The zero-order valence-corrected chi connectivity index (χ0v) is 12.2. The van der Waals surface area contributed by atoms with Crippen LogP contribution in [-0.4, -0.2) is 16.1 Å². The highest BCUT2D eigenvalue weighted by Gasteiger charge is 2.10. The molecule has 2 aromatic rings. The monoisotopic (exact) mass is 338 g/mol. The topological polar surface area (TPSA) is 62.2 Å². The van der Waals surface area contributed by atoms with E-state index in [1.807, 2.05) is 24.3 Å². The minimum atomic E-state index is -0.971. The number of halogens is 1. The zero-order valence-electron chi connectivity index (χ0n) is 9.84. The molecule has 0 radical (unpaired) electrons. The van der Waals surface area contributed by atoms with Crippen LogP contribution in [0.2, 0.25) is 0 Å². The Morgan fingerprint density at radius 3 is 2.74 bits per heavy atom. The maximum atomic E-state index is 11.0. The van der Waals surface area contributed by atoms with Gasteiger partial charge in [-0.1, -0.05) is 28.1 Å². The molecule has 0 unspecified atom stereocenters. The third-order valence-corrected chi connectivity index (χ3v) is 3.70. The standard InChI is InChI=1S/C13H11BrN2O2S/c14-10-5-3-9(4-6-10)8-16-19-12-11(13(17)18)2-1-7-15-12/h1-7,16H,8H2,(H,17,18). The third-order valence-electron chi connectivity index (χ3n) is 2.36. The van der Waals surface area contributed by atoms with E-state index in [4.69, 9.17) is 5.11 Å². The molecule has 1 heterocycles. The number of carbonyl (C=O) groups is 1. The van der Waals surface area contributed by atoms with Crippen molar-refractivity contribution >= 4 is 33.8 Å². The van der Waals surface area contributed by atoms with Gasteiger partial charge in [0.2, 0.25) is 0 Å². The van der Waals surface area contributed by atoms with E-state index in [1.54, 1.807) is 18.3 Å². The van der Waals surface area contributed by atoms with Crippen molar-refractivity contribution in [1.29, 1.82) is 0 Å². The summed E-state index contributed by atoms with van der Waals surface area (Å²) in [6.07, 6.45) is 1.58. The molecule has 19 heavy (non-hydrogen) atoms. The number of benzene rings is 1. The maximum absolute atomic E-state index is 11.0. The summed E-state index contributed by atoms with van der Waals surface area (Å²) in [6, 6.07) is 11.1. The second-order valence-corrected chi connectivity index (χ2v) is 5.51. The molecule has 0 saturated heterocycles. The number of carboxylic acids is 1. The quantitative estimate of drug-likeness (QED) is 0.818. The summed E-state index contributed by atoms with van der Waals surface area (Å²) in [5.41, 5.74) is 1.32. The van der Waals surface area contributed by atoms with Gasteiger partial charge in [-0.25, -0.2) is 9.78 Å². The van der Waals surface area contributed by atoms with Gasteiger partial charge in [-0.15, -0.1) is 0 Å².